The molecule has 0 saturated heterocycles. The monoisotopic (exact) mass is 340 g/mol. The van der Waals surface area contributed by atoms with Crippen molar-refractivity contribution >= 4 is 0 Å². The van der Waals surface area contributed by atoms with Gasteiger partial charge in [-0.1, -0.05) is 49.4 Å². The van der Waals surface area contributed by atoms with E-state index in [4.69, 9.17) is 4.74 Å². The van der Waals surface area contributed by atoms with Gasteiger partial charge in [-0.3, -0.25) is 0 Å². The van der Waals surface area contributed by atoms with E-state index in [1.54, 1.807) is 0 Å². The lowest BCUT2D eigenvalue weighted by atomic mass is 10.0. The van der Waals surface area contributed by atoms with Gasteiger partial charge in [0.25, 0.3) is 0 Å². The molecule has 1 unspecified atom stereocenters. The third kappa shape index (κ3) is 7.29. The highest BCUT2D eigenvalue weighted by atomic mass is 16.5. The van der Waals surface area contributed by atoms with Crippen LogP contribution in [0.2, 0.25) is 0 Å². The maximum Gasteiger partial charge on any atom is 0.119 e. The van der Waals surface area contributed by atoms with Crippen molar-refractivity contribution in [2.45, 2.75) is 38.6 Å². The minimum atomic E-state index is 0.393. The van der Waals surface area contributed by atoms with Crippen molar-refractivity contribution in [2.24, 2.45) is 0 Å². The summed E-state index contributed by atoms with van der Waals surface area (Å²) in [5, 5.41) is 6.83. The van der Waals surface area contributed by atoms with Gasteiger partial charge in [0, 0.05) is 6.04 Å². The molecule has 0 fully saturated rings. The summed E-state index contributed by atoms with van der Waals surface area (Å²) >= 11 is 0. The number of rotatable bonds is 12. The average Bonchev–Trinajstić information content (AvgIpc) is 2.66. The molecule has 0 heterocycles. The molecule has 0 aliphatic heterocycles. The van der Waals surface area contributed by atoms with Gasteiger partial charge in [-0.15, -0.1) is 0 Å². The molecule has 3 heteroatoms. The lowest BCUT2D eigenvalue weighted by Gasteiger charge is -2.18. The molecule has 2 rings (SSSR count). The van der Waals surface area contributed by atoms with Crippen LogP contribution in [-0.4, -0.2) is 26.7 Å². The minimum Gasteiger partial charge on any atom is -0.494 e. The fourth-order valence-corrected chi connectivity index (χ4v) is 2.97. The summed E-state index contributed by atoms with van der Waals surface area (Å²) in [5.74, 6) is 0.973. The molecule has 0 saturated carbocycles. The third-order valence-corrected chi connectivity index (χ3v) is 4.38. The van der Waals surface area contributed by atoms with Crippen molar-refractivity contribution in [2.75, 3.05) is 26.7 Å². The van der Waals surface area contributed by atoms with Crippen LogP contribution in [0.4, 0.5) is 0 Å². The number of nitrogens with one attached hydrogen (secondary N) is 2. The molecule has 3 nitrogen and oxygen atoms in total. The number of hydrogen-bond acceptors (Lipinski definition) is 3. The van der Waals surface area contributed by atoms with Gasteiger partial charge in [-0.25, -0.2) is 0 Å². The van der Waals surface area contributed by atoms with Crippen LogP contribution in [0.3, 0.4) is 0 Å². The molecule has 1 atom stereocenters. The Labute approximate surface area is 152 Å². The third-order valence-electron chi connectivity index (χ3n) is 4.38. The summed E-state index contributed by atoms with van der Waals surface area (Å²) in [5.41, 5.74) is 2.68. The van der Waals surface area contributed by atoms with Crippen LogP contribution in [0.25, 0.3) is 0 Å². The summed E-state index contributed by atoms with van der Waals surface area (Å²) in [6, 6.07) is 19.5. The molecule has 0 radical (unpaired) electrons. The zero-order valence-electron chi connectivity index (χ0n) is 15.6. The van der Waals surface area contributed by atoms with E-state index in [-0.39, 0.29) is 0 Å². The minimum absolute atomic E-state index is 0.393. The second-order valence-electron chi connectivity index (χ2n) is 6.38. The van der Waals surface area contributed by atoms with Gasteiger partial charge in [0.15, 0.2) is 0 Å². The zero-order chi connectivity index (χ0) is 17.7. The van der Waals surface area contributed by atoms with E-state index in [0.717, 1.165) is 51.1 Å². The number of aryl methyl sites for hydroxylation is 1. The average molecular weight is 341 g/mol. The highest BCUT2D eigenvalue weighted by molar-refractivity contribution is 5.30. The Morgan fingerprint density at radius 3 is 2.56 bits per heavy atom. The van der Waals surface area contributed by atoms with Crippen molar-refractivity contribution in [1.29, 1.82) is 0 Å². The topological polar surface area (TPSA) is 33.3 Å². The van der Waals surface area contributed by atoms with Gasteiger partial charge in [-0.05, 0) is 69.1 Å². The first-order valence-corrected chi connectivity index (χ1v) is 9.48. The predicted octanol–water partition coefficient (Wildman–Crippen LogP) is 4.35. The molecule has 0 aromatic heterocycles. The van der Waals surface area contributed by atoms with E-state index in [1.165, 1.54) is 11.1 Å². The van der Waals surface area contributed by atoms with E-state index in [0.29, 0.717) is 6.04 Å². The Kier molecular flexibility index (Phi) is 9.09. The quantitative estimate of drug-likeness (QED) is 0.564. The maximum absolute atomic E-state index is 5.97. The van der Waals surface area contributed by atoms with Crippen molar-refractivity contribution in [3.8, 4) is 5.75 Å². The second kappa shape index (κ2) is 11.7. The standard InChI is InChI=1S/C22H32N2O/c1-3-22(24-16-9-15-23-2)20-13-7-14-21(18-20)25-17-8-12-19-10-5-4-6-11-19/h4-7,10-11,13-14,18,22-24H,3,8-9,12,15-17H2,1-2H3. The van der Waals surface area contributed by atoms with Crippen LogP contribution >= 0.6 is 0 Å². The van der Waals surface area contributed by atoms with Gasteiger partial charge >= 0.3 is 0 Å². The van der Waals surface area contributed by atoms with Crippen LogP contribution in [0.15, 0.2) is 54.6 Å². The molecule has 0 aliphatic rings. The predicted molar refractivity (Wildman–Crippen MR) is 106 cm³/mol. The molecule has 136 valence electrons. The first-order chi connectivity index (χ1) is 12.3. The van der Waals surface area contributed by atoms with Crippen molar-refractivity contribution in [3.05, 3.63) is 65.7 Å². The Bertz CT molecular complexity index is 586. The summed E-state index contributed by atoms with van der Waals surface area (Å²) in [4.78, 5) is 0. The van der Waals surface area contributed by atoms with Crippen LogP contribution in [0, 0.1) is 0 Å². The smallest absolute Gasteiger partial charge is 0.119 e. The molecule has 2 aromatic rings. The van der Waals surface area contributed by atoms with Crippen LogP contribution in [0.1, 0.15) is 43.4 Å². The van der Waals surface area contributed by atoms with Gasteiger partial charge in [0.2, 0.25) is 0 Å². The molecule has 0 amide bonds. The van der Waals surface area contributed by atoms with Crippen LogP contribution in [-0.2, 0) is 6.42 Å². The van der Waals surface area contributed by atoms with Gasteiger partial charge in [0.05, 0.1) is 6.61 Å². The van der Waals surface area contributed by atoms with Crippen molar-refractivity contribution < 1.29 is 4.74 Å². The van der Waals surface area contributed by atoms with Crippen molar-refractivity contribution in [1.82, 2.24) is 10.6 Å². The number of benzene rings is 2. The summed E-state index contributed by atoms with van der Waals surface area (Å²) in [7, 11) is 2.00. The lowest BCUT2D eigenvalue weighted by Crippen LogP contribution is -2.24. The fraction of sp³-hybridized carbons (Fsp3) is 0.455. The molecular formula is C22H32N2O. The Morgan fingerprint density at radius 2 is 1.80 bits per heavy atom. The van der Waals surface area contributed by atoms with Gasteiger partial charge < -0.3 is 15.4 Å². The van der Waals surface area contributed by atoms with E-state index < -0.39 is 0 Å². The summed E-state index contributed by atoms with van der Waals surface area (Å²) in [6.45, 7) is 5.06. The Balaban J connectivity index is 1.78. The fourth-order valence-electron chi connectivity index (χ4n) is 2.97. The van der Waals surface area contributed by atoms with Gasteiger partial charge in [-0.2, -0.15) is 0 Å². The van der Waals surface area contributed by atoms with Crippen LogP contribution in [0.5, 0.6) is 5.75 Å². The van der Waals surface area contributed by atoms with Crippen LogP contribution < -0.4 is 15.4 Å². The highest BCUT2D eigenvalue weighted by Crippen LogP contribution is 2.22. The largest absolute Gasteiger partial charge is 0.494 e. The maximum atomic E-state index is 5.97. The van der Waals surface area contributed by atoms with E-state index in [9.17, 15) is 0 Å². The molecule has 2 N–H and O–H groups in total. The zero-order valence-corrected chi connectivity index (χ0v) is 15.6. The van der Waals surface area contributed by atoms with E-state index in [2.05, 4.69) is 72.2 Å². The number of hydrogen-bond donors (Lipinski definition) is 2. The Morgan fingerprint density at radius 1 is 0.960 bits per heavy atom. The lowest BCUT2D eigenvalue weighted by molar-refractivity contribution is 0.310. The summed E-state index contributed by atoms with van der Waals surface area (Å²) < 4.78 is 5.97. The second-order valence-corrected chi connectivity index (χ2v) is 6.38. The molecule has 0 spiro atoms. The normalized spacial score (nSPS) is 12.1. The van der Waals surface area contributed by atoms with E-state index >= 15 is 0 Å². The molecule has 0 bridgehead atoms. The van der Waals surface area contributed by atoms with E-state index in [1.807, 2.05) is 7.05 Å². The number of ether oxygens (including phenoxy) is 1. The molecule has 0 aliphatic carbocycles. The highest BCUT2D eigenvalue weighted by Gasteiger charge is 2.09. The molecule has 2 aromatic carbocycles. The first-order valence-electron chi connectivity index (χ1n) is 9.48. The molecular weight excluding hydrogens is 308 g/mol. The first kappa shape index (κ1) is 19.5. The molecule has 25 heavy (non-hydrogen) atoms. The Hall–Kier alpha value is -1.84. The van der Waals surface area contributed by atoms with Crippen molar-refractivity contribution in [3.63, 3.8) is 0 Å². The summed E-state index contributed by atoms with van der Waals surface area (Å²) in [6.07, 6.45) is 4.32. The van der Waals surface area contributed by atoms with Gasteiger partial charge in [0.1, 0.15) is 5.75 Å². The SMILES string of the molecule is CCC(NCCCNC)c1cccc(OCCCc2ccccc2)c1.